The van der Waals surface area contributed by atoms with E-state index in [2.05, 4.69) is 0 Å². The van der Waals surface area contributed by atoms with Crippen LogP contribution in [0.15, 0.2) is 18.2 Å². The van der Waals surface area contributed by atoms with Crippen molar-refractivity contribution in [3.8, 4) is 5.75 Å². The van der Waals surface area contributed by atoms with Crippen LogP contribution in [-0.4, -0.2) is 16.2 Å². The first-order valence-corrected chi connectivity index (χ1v) is 4.63. The Morgan fingerprint density at radius 1 is 1.27 bits per heavy atom. The van der Waals surface area contributed by atoms with Gasteiger partial charge in [-0.2, -0.15) is 0 Å². The minimum Gasteiger partial charge on any atom is -0.507 e. The van der Waals surface area contributed by atoms with Gasteiger partial charge in [-0.25, -0.2) is 4.79 Å². The number of phenolic OH excluding ortho intramolecular Hbond substituents is 1. The third-order valence-corrected chi connectivity index (χ3v) is 2.29. The lowest BCUT2D eigenvalue weighted by Gasteiger charge is -2.07. The molecule has 1 aromatic rings. The molecule has 0 aliphatic carbocycles. The standard InChI is InChI=1S/C12H14O3/c1-7(6-11(13)14)10-4-8(2)12(15)9(3)5-10/h4-6,15H,1-3H3,(H,13,14)/b7-6+. The number of benzene rings is 1. The van der Waals surface area contributed by atoms with Crippen molar-refractivity contribution in [2.45, 2.75) is 20.8 Å². The summed E-state index contributed by atoms with van der Waals surface area (Å²) in [7, 11) is 0. The molecule has 3 nitrogen and oxygen atoms in total. The summed E-state index contributed by atoms with van der Waals surface area (Å²) in [4.78, 5) is 10.5. The van der Waals surface area contributed by atoms with Crippen LogP contribution in [0.1, 0.15) is 23.6 Å². The maximum absolute atomic E-state index is 10.5. The highest BCUT2D eigenvalue weighted by Gasteiger charge is 2.05. The van der Waals surface area contributed by atoms with Gasteiger partial charge in [-0.3, -0.25) is 0 Å². The largest absolute Gasteiger partial charge is 0.507 e. The van der Waals surface area contributed by atoms with Crippen LogP contribution in [0.3, 0.4) is 0 Å². The summed E-state index contributed by atoms with van der Waals surface area (Å²) in [5.74, 6) is -0.697. The van der Waals surface area contributed by atoms with Crippen LogP contribution < -0.4 is 0 Å². The number of aliphatic carboxylic acids is 1. The zero-order valence-electron chi connectivity index (χ0n) is 9.03. The number of allylic oxidation sites excluding steroid dienone is 1. The van der Waals surface area contributed by atoms with E-state index < -0.39 is 5.97 Å². The monoisotopic (exact) mass is 206 g/mol. The van der Waals surface area contributed by atoms with Gasteiger partial charge in [-0.1, -0.05) is 0 Å². The number of carboxylic acid groups (broad SMARTS) is 1. The highest BCUT2D eigenvalue weighted by Crippen LogP contribution is 2.26. The average molecular weight is 206 g/mol. The van der Waals surface area contributed by atoms with E-state index >= 15 is 0 Å². The molecule has 0 bridgehead atoms. The number of aromatic hydroxyl groups is 1. The van der Waals surface area contributed by atoms with E-state index in [0.717, 1.165) is 22.8 Å². The molecule has 0 aromatic heterocycles. The fraction of sp³-hybridized carbons (Fsp3) is 0.250. The Labute approximate surface area is 88.7 Å². The normalized spacial score (nSPS) is 11.5. The molecule has 0 saturated heterocycles. The summed E-state index contributed by atoms with van der Waals surface area (Å²) in [6, 6.07) is 3.55. The van der Waals surface area contributed by atoms with Crippen LogP contribution >= 0.6 is 0 Å². The molecule has 0 radical (unpaired) electrons. The van der Waals surface area contributed by atoms with Gasteiger partial charge in [0.2, 0.25) is 0 Å². The van der Waals surface area contributed by atoms with Gasteiger partial charge < -0.3 is 10.2 Å². The lowest BCUT2D eigenvalue weighted by Crippen LogP contribution is -1.91. The number of rotatable bonds is 2. The number of hydrogen-bond donors (Lipinski definition) is 2. The lowest BCUT2D eigenvalue weighted by molar-refractivity contribution is -0.131. The van der Waals surface area contributed by atoms with Gasteiger partial charge in [0.15, 0.2) is 0 Å². The molecule has 0 aliphatic rings. The molecule has 3 heteroatoms. The summed E-state index contributed by atoms with van der Waals surface area (Å²) in [5.41, 5.74) is 3.00. The predicted molar refractivity (Wildman–Crippen MR) is 58.9 cm³/mol. The Balaban J connectivity index is 3.23. The first-order valence-electron chi connectivity index (χ1n) is 4.63. The van der Waals surface area contributed by atoms with Crippen LogP contribution in [0.2, 0.25) is 0 Å². The van der Waals surface area contributed by atoms with E-state index in [1.807, 2.05) is 0 Å². The molecule has 0 spiro atoms. The van der Waals surface area contributed by atoms with Crippen LogP contribution in [0.4, 0.5) is 0 Å². The molecule has 15 heavy (non-hydrogen) atoms. The van der Waals surface area contributed by atoms with Crippen molar-refractivity contribution in [1.29, 1.82) is 0 Å². The molecule has 80 valence electrons. The predicted octanol–water partition coefficient (Wildman–Crippen LogP) is 2.50. The van der Waals surface area contributed by atoms with Gasteiger partial charge in [0.1, 0.15) is 5.75 Å². The van der Waals surface area contributed by atoms with Crippen molar-refractivity contribution in [1.82, 2.24) is 0 Å². The zero-order chi connectivity index (χ0) is 11.6. The molecule has 0 amide bonds. The van der Waals surface area contributed by atoms with Crippen molar-refractivity contribution >= 4 is 11.5 Å². The van der Waals surface area contributed by atoms with Crippen molar-refractivity contribution in [2.75, 3.05) is 0 Å². The zero-order valence-corrected chi connectivity index (χ0v) is 9.03. The minimum atomic E-state index is -0.962. The first-order chi connectivity index (χ1) is 6.91. The molecule has 0 fully saturated rings. The quantitative estimate of drug-likeness (QED) is 0.731. The SMILES string of the molecule is C/C(=C\C(=O)O)c1cc(C)c(O)c(C)c1. The Hall–Kier alpha value is -1.77. The van der Waals surface area contributed by atoms with E-state index in [1.54, 1.807) is 32.9 Å². The first kappa shape index (κ1) is 11.3. The van der Waals surface area contributed by atoms with Crippen LogP contribution in [0.5, 0.6) is 5.75 Å². The number of carbonyl (C=O) groups is 1. The summed E-state index contributed by atoms with van der Waals surface area (Å²) >= 11 is 0. The van der Waals surface area contributed by atoms with Gasteiger partial charge >= 0.3 is 5.97 Å². The molecule has 0 aliphatic heterocycles. The van der Waals surface area contributed by atoms with E-state index in [1.165, 1.54) is 0 Å². The third-order valence-electron chi connectivity index (χ3n) is 2.29. The second-order valence-corrected chi connectivity index (χ2v) is 3.62. The average Bonchev–Trinajstić information content (AvgIpc) is 2.12. The second-order valence-electron chi connectivity index (χ2n) is 3.62. The lowest BCUT2D eigenvalue weighted by atomic mass is 10.0. The number of phenols is 1. The Bertz CT molecular complexity index is 407. The second kappa shape index (κ2) is 4.17. The van der Waals surface area contributed by atoms with Gasteiger partial charge in [-0.05, 0) is 55.2 Å². The summed E-state index contributed by atoms with van der Waals surface area (Å²) in [5, 5.41) is 18.2. The van der Waals surface area contributed by atoms with E-state index in [9.17, 15) is 9.90 Å². The summed E-state index contributed by atoms with van der Waals surface area (Å²) in [6.07, 6.45) is 1.16. The molecular formula is C12H14O3. The summed E-state index contributed by atoms with van der Waals surface area (Å²) < 4.78 is 0. The molecular weight excluding hydrogens is 192 g/mol. The molecule has 0 heterocycles. The fourth-order valence-electron chi connectivity index (χ4n) is 1.45. The molecule has 0 saturated carbocycles. The van der Waals surface area contributed by atoms with Crippen molar-refractivity contribution in [3.05, 3.63) is 34.9 Å². The van der Waals surface area contributed by atoms with Crippen LogP contribution in [0, 0.1) is 13.8 Å². The van der Waals surface area contributed by atoms with E-state index in [-0.39, 0.29) is 5.75 Å². The van der Waals surface area contributed by atoms with Gasteiger partial charge in [0.25, 0.3) is 0 Å². The van der Waals surface area contributed by atoms with Crippen molar-refractivity contribution in [2.24, 2.45) is 0 Å². The Morgan fingerprint density at radius 3 is 2.13 bits per heavy atom. The molecule has 1 aromatic carbocycles. The van der Waals surface area contributed by atoms with E-state index in [4.69, 9.17) is 5.11 Å². The Morgan fingerprint density at radius 2 is 1.73 bits per heavy atom. The van der Waals surface area contributed by atoms with Gasteiger partial charge in [-0.15, -0.1) is 0 Å². The number of hydrogen-bond acceptors (Lipinski definition) is 2. The highest BCUT2D eigenvalue weighted by molar-refractivity contribution is 5.89. The van der Waals surface area contributed by atoms with Crippen LogP contribution in [-0.2, 0) is 4.79 Å². The number of carboxylic acids is 1. The summed E-state index contributed by atoms with van der Waals surface area (Å²) in [6.45, 7) is 5.32. The van der Waals surface area contributed by atoms with Crippen molar-refractivity contribution in [3.63, 3.8) is 0 Å². The molecule has 0 atom stereocenters. The van der Waals surface area contributed by atoms with Crippen molar-refractivity contribution < 1.29 is 15.0 Å². The molecule has 0 unspecified atom stereocenters. The minimum absolute atomic E-state index is 0.266. The highest BCUT2D eigenvalue weighted by atomic mass is 16.4. The maximum atomic E-state index is 10.5. The third kappa shape index (κ3) is 2.59. The smallest absolute Gasteiger partial charge is 0.328 e. The maximum Gasteiger partial charge on any atom is 0.328 e. The topological polar surface area (TPSA) is 57.5 Å². The number of aryl methyl sites for hydroxylation is 2. The van der Waals surface area contributed by atoms with E-state index in [0.29, 0.717) is 5.57 Å². The molecule has 1 rings (SSSR count). The van der Waals surface area contributed by atoms with Gasteiger partial charge in [0, 0.05) is 6.08 Å². The van der Waals surface area contributed by atoms with Gasteiger partial charge in [0.05, 0.1) is 0 Å². The Kier molecular flexibility index (Phi) is 3.14. The van der Waals surface area contributed by atoms with Crippen LogP contribution in [0.25, 0.3) is 5.57 Å². The molecule has 2 N–H and O–H groups in total. The fourth-order valence-corrected chi connectivity index (χ4v) is 1.45.